The van der Waals surface area contributed by atoms with Crippen molar-refractivity contribution in [1.82, 2.24) is 33.9 Å². The molecule has 0 aliphatic rings. The Kier molecular flexibility index (Phi) is 7.07. The highest BCUT2D eigenvalue weighted by molar-refractivity contribution is 6.03. The summed E-state index contributed by atoms with van der Waals surface area (Å²) in [4.78, 5) is 33.0. The summed E-state index contributed by atoms with van der Waals surface area (Å²) in [7, 11) is 1.85. The van der Waals surface area contributed by atoms with Crippen LogP contribution in [-0.2, 0) is 13.5 Å². The van der Waals surface area contributed by atoms with E-state index in [1.54, 1.807) is 27.7 Å². The molecule has 4 aromatic heterocycles. The van der Waals surface area contributed by atoms with Gasteiger partial charge in [0.25, 0.3) is 11.5 Å². The molecule has 0 spiro atoms. The summed E-state index contributed by atoms with van der Waals surface area (Å²) in [5.41, 5.74) is 13.8. The zero-order valence-electron chi connectivity index (χ0n) is 21.8. The van der Waals surface area contributed by atoms with Crippen LogP contribution in [0.25, 0.3) is 22.2 Å². The standard InChI is InChI=1S/C22H18N4O.C7H7N5O/c1-3-20-23-19-11-7-8-16(12-13-17-14-15-25(2)24-17)21(19)22(27)26(20)18-9-5-4-6-10-18;8-5-4(6(9)13)7-10-2-1-3-12(7)11-5/h4-11,14-15H,3H2,1-2H3;1-3H,(H2,8,11)(H2,9,13). The molecule has 0 radical (unpaired) electrons. The number of primary amides is 1. The molecule has 6 aromatic rings. The van der Waals surface area contributed by atoms with Gasteiger partial charge in [0.15, 0.2) is 11.5 Å². The Morgan fingerprint density at radius 2 is 1.77 bits per heavy atom. The highest BCUT2D eigenvalue weighted by atomic mass is 16.1. The van der Waals surface area contributed by atoms with E-state index in [2.05, 4.69) is 27.0 Å². The molecule has 4 N–H and O–H groups in total. The normalized spacial score (nSPS) is 10.6. The van der Waals surface area contributed by atoms with Crippen molar-refractivity contribution >= 4 is 28.3 Å². The van der Waals surface area contributed by atoms with Gasteiger partial charge in [-0.25, -0.2) is 14.5 Å². The van der Waals surface area contributed by atoms with Gasteiger partial charge >= 0.3 is 0 Å². The minimum Gasteiger partial charge on any atom is -0.381 e. The number of anilines is 1. The van der Waals surface area contributed by atoms with Crippen LogP contribution in [0.5, 0.6) is 0 Å². The SMILES string of the molecule is CCc1nc2cccc(C#Cc3ccn(C)n3)c2c(=O)n1-c1ccccc1.NC(=O)c1c(N)nn2cccnc12. The number of aryl methyl sites for hydroxylation is 2. The first-order chi connectivity index (χ1) is 19.4. The van der Waals surface area contributed by atoms with Gasteiger partial charge in [0.2, 0.25) is 0 Å². The fourth-order valence-electron chi connectivity index (χ4n) is 4.21. The predicted molar refractivity (Wildman–Crippen MR) is 152 cm³/mol. The summed E-state index contributed by atoms with van der Waals surface area (Å²) in [6.45, 7) is 2.00. The molecule has 0 aliphatic heterocycles. The van der Waals surface area contributed by atoms with Crippen molar-refractivity contribution in [2.45, 2.75) is 13.3 Å². The number of aromatic nitrogens is 7. The number of nitrogens with zero attached hydrogens (tertiary/aromatic N) is 7. The molecule has 198 valence electrons. The van der Waals surface area contributed by atoms with E-state index in [1.165, 1.54) is 4.52 Å². The van der Waals surface area contributed by atoms with Crippen molar-refractivity contribution in [1.29, 1.82) is 0 Å². The lowest BCUT2D eigenvalue weighted by Crippen LogP contribution is -2.24. The fraction of sp³-hybridized carbons (Fsp3) is 0.103. The lowest BCUT2D eigenvalue weighted by atomic mass is 10.1. The van der Waals surface area contributed by atoms with E-state index in [1.807, 2.05) is 74.8 Å². The third-order valence-corrected chi connectivity index (χ3v) is 6.01. The Bertz CT molecular complexity index is 1980. The molecular formula is C29H25N9O2. The van der Waals surface area contributed by atoms with Crippen LogP contribution in [0.2, 0.25) is 0 Å². The van der Waals surface area contributed by atoms with E-state index in [-0.39, 0.29) is 16.9 Å². The number of nitrogen functional groups attached to an aromatic ring is 1. The minimum absolute atomic E-state index is 0.103. The van der Waals surface area contributed by atoms with Crippen LogP contribution in [0.1, 0.15) is 34.4 Å². The first-order valence-corrected chi connectivity index (χ1v) is 12.4. The number of carbonyl (C=O) groups excluding carboxylic acids is 1. The van der Waals surface area contributed by atoms with Crippen molar-refractivity contribution in [3.05, 3.63) is 112 Å². The molecule has 0 fully saturated rings. The van der Waals surface area contributed by atoms with Crippen molar-refractivity contribution < 1.29 is 4.79 Å². The maximum atomic E-state index is 13.4. The van der Waals surface area contributed by atoms with Gasteiger partial charge in [0, 0.05) is 37.6 Å². The van der Waals surface area contributed by atoms with Crippen LogP contribution in [-0.4, -0.2) is 39.8 Å². The monoisotopic (exact) mass is 531 g/mol. The smallest absolute Gasteiger partial charge is 0.267 e. The zero-order chi connectivity index (χ0) is 28.2. The van der Waals surface area contributed by atoms with Crippen molar-refractivity contribution in [3.8, 4) is 17.5 Å². The summed E-state index contributed by atoms with van der Waals surface area (Å²) in [5.74, 6) is 6.34. The van der Waals surface area contributed by atoms with Gasteiger partial charge in [-0.05, 0) is 42.3 Å². The van der Waals surface area contributed by atoms with Gasteiger partial charge in [0.05, 0.1) is 16.6 Å². The molecule has 0 saturated carbocycles. The maximum absolute atomic E-state index is 13.4. The lowest BCUT2D eigenvalue weighted by Gasteiger charge is -2.13. The maximum Gasteiger partial charge on any atom is 0.267 e. The lowest BCUT2D eigenvalue weighted by molar-refractivity contribution is 0.100. The molecule has 0 unspecified atom stereocenters. The molecule has 1 amide bonds. The van der Waals surface area contributed by atoms with Gasteiger partial charge in [-0.2, -0.15) is 5.10 Å². The summed E-state index contributed by atoms with van der Waals surface area (Å²) in [5, 5.41) is 8.66. The Labute approximate surface area is 228 Å². The van der Waals surface area contributed by atoms with E-state index >= 15 is 0 Å². The van der Waals surface area contributed by atoms with Crippen LogP contribution in [0.15, 0.2) is 84.0 Å². The van der Waals surface area contributed by atoms with Gasteiger partial charge < -0.3 is 11.5 Å². The number of hydrogen-bond acceptors (Lipinski definition) is 7. The number of carbonyl (C=O) groups is 1. The third-order valence-electron chi connectivity index (χ3n) is 6.01. The Hall–Kier alpha value is -5.76. The van der Waals surface area contributed by atoms with E-state index in [4.69, 9.17) is 16.5 Å². The Morgan fingerprint density at radius 1 is 0.975 bits per heavy atom. The van der Waals surface area contributed by atoms with E-state index < -0.39 is 5.91 Å². The molecule has 0 saturated heterocycles. The van der Waals surface area contributed by atoms with Crippen molar-refractivity contribution in [3.63, 3.8) is 0 Å². The zero-order valence-corrected chi connectivity index (χ0v) is 21.8. The van der Waals surface area contributed by atoms with Crippen LogP contribution >= 0.6 is 0 Å². The van der Waals surface area contributed by atoms with Gasteiger partial charge in [-0.3, -0.25) is 18.8 Å². The van der Waals surface area contributed by atoms with E-state index in [9.17, 15) is 9.59 Å². The van der Waals surface area contributed by atoms with Gasteiger partial charge in [-0.15, -0.1) is 5.10 Å². The largest absolute Gasteiger partial charge is 0.381 e. The number of para-hydroxylation sites is 1. The predicted octanol–water partition coefficient (Wildman–Crippen LogP) is 2.49. The average molecular weight is 532 g/mol. The third kappa shape index (κ3) is 5.01. The topological polar surface area (TPSA) is 152 Å². The number of rotatable bonds is 3. The fourth-order valence-corrected chi connectivity index (χ4v) is 4.21. The number of fused-ring (bicyclic) bond motifs is 2. The second-order valence-electron chi connectivity index (χ2n) is 8.69. The summed E-state index contributed by atoms with van der Waals surface area (Å²) in [6, 6.07) is 18.7. The molecule has 0 aliphatic carbocycles. The number of amides is 1. The van der Waals surface area contributed by atoms with Crippen LogP contribution in [0.3, 0.4) is 0 Å². The molecular weight excluding hydrogens is 506 g/mol. The van der Waals surface area contributed by atoms with Crippen LogP contribution in [0, 0.1) is 11.8 Å². The van der Waals surface area contributed by atoms with Gasteiger partial charge in [0.1, 0.15) is 17.1 Å². The van der Waals surface area contributed by atoms with Crippen LogP contribution in [0.4, 0.5) is 5.82 Å². The highest BCUT2D eigenvalue weighted by Crippen LogP contribution is 2.17. The van der Waals surface area contributed by atoms with Crippen molar-refractivity contribution in [2.24, 2.45) is 12.8 Å². The molecule has 2 aromatic carbocycles. The number of nitrogens with two attached hydrogens (primary N) is 2. The summed E-state index contributed by atoms with van der Waals surface area (Å²) < 4.78 is 4.79. The minimum atomic E-state index is -0.619. The highest BCUT2D eigenvalue weighted by Gasteiger charge is 2.16. The second-order valence-corrected chi connectivity index (χ2v) is 8.69. The molecule has 0 atom stereocenters. The average Bonchev–Trinajstić information content (AvgIpc) is 3.53. The summed E-state index contributed by atoms with van der Waals surface area (Å²) >= 11 is 0. The number of benzene rings is 2. The van der Waals surface area contributed by atoms with Crippen molar-refractivity contribution in [2.75, 3.05) is 5.73 Å². The molecule has 6 rings (SSSR count). The molecule has 11 nitrogen and oxygen atoms in total. The van der Waals surface area contributed by atoms with E-state index in [0.717, 1.165) is 11.5 Å². The molecule has 4 heterocycles. The second kappa shape index (κ2) is 10.9. The first kappa shape index (κ1) is 25.9. The molecule has 40 heavy (non-hydrogen) atoms. The van der Waals surface area contributed by atoms with Gasteiger partial charge in [-0.1, -0.05) is 37.1 Å². The molecule has 11 heteroatoms. The summed E-state index contributed by atoms with van der Waals surface area (Å²) in [6.07, 6.45) is 5.68. The Balaban J connectivity index is 0.000000207. The quantitative estimate of drug-likeness (QED) is 0.333. The van der Waals surface area contributed by atoms with Crippen LogP contribution < -0.4 is 17.0 Å². The molecule has 0 bridgehead atoms. The first-order valence-electron chi connectivity index (χ1n) is 12.4. The Morgan fingerprint density at radius 3 is 2.48 bits per heavy atom. The van der Waals surface area contributed by atoms with E-state index in [0.29, 0.717) is 34.2 Å². The number of hydrogen-bond donors (Lipinski definition) is 2.